The average Bonchev–Trinajstić information content (AvgIpc) is 2.21. The number of anilines is 1. The number of carboxylic acids is 1. The molecule has 5 heteroatoms. The molecule has 0 heterocycles. The Labute approximate surface area is 92.8 Å². The number of carboxylic acid groups (broad SMARTS) is 1. The maximum Gasteiger partial charge on any atom is 0.338 e. The van der Waals surface area contributed by atoms with E-state index in [0.29, 0.717) is 16.8 Å². The molecule has 0 amide bonds. The molecule has 0 aliphatic carbocycles. The van der Waals surface area contributed by atoms with E-state index in [0.717, 1.165) is 0 Å². The molecule has 1 rings (SSSR count). The fraction of sp³-hybridized carbons (Fsp3) is 0.273. The summed E-state index contributed by atoms with van der Waals surface area (Å²) in [6.45, 7) is 1.98. The zero-order valence-electron chi connectivity index (χ0n) is 8.90. The monoisotopic (exact) mass is 223 g/mol. The molecule has 0 radical (unpaired) electrons. The molecule has 86 valence electrons. The van der Waals surface area contributed by atoms with Crippen molar-refractivity contribution in [2.45, 2.75) is 13.3 Å². The molecule has 0 aliphatic rings. The van der Waals surface area contributed by atoms with Crippen LogP contribution >= 0.6 is 0 Å². The zero-order chi connectivity index (χ0) is 12.1. The topological polar surface area (TPSA) is 89.6 Å². The van der Waals surface area contributed by atoms with Crippen molar-refractivity contribution in [3.63, 3.8) is 0 Å². The van der Waals surface area contributed by atoms with Crippen molar-refractivity contribution >= 4 is 17.6 Å². The van der Waals surface area contributed by atoms with Gasteiger partial charge in [-0.1, -0.05) is 0 Å². The van der Waals surface area contributed by atoms with Gasteiger partial charge in [0, 0.05) is 5.69 Å². The molecule has 0 fully saturated rings. The van der Waals surface area contributed by atoms with Crippen molar-refractivity contribution in [3.8, 4) is 0 Å². The second-order valence-electron chi connectivity index (χ2n) is 3.20. The van der Waals surface area contributed by atoms with E-state index in [9.17, 15) is 9.59 Å². The summed E-state index contributed by atoms with van der Waals surface area (Å²) >= 11 is 0. The second-order valence-corrected chi connectivity index (χ2v) is 3.20. The van der Waals surface area contributed by atoms with Crippen LogP contribution in [0, 0.1) is 0 Å². The molecule has 3 N–H and O–H groups in total. The minimum Gasteiger partial charge on any atom is -0.481 e. The van der Waals surface area contributed by atoms with Gasteiger partial charge in [-0.2, -0.15) is 0 Å². The third-order valence-electron chi connectivity index (χ3n) is 2.00. The molecule has 0 saturated carbocycles. The normalized spacial score (nSPS) is 9.81. The first-order chi connectivity index (χ1) is 7.54. The van der Waals surface area contributed by atoms with Gasteiger partial charge >= 0.3 is 11.9 Å². The van der Waals surface area contributed by atoms with Gasteiger partial charge in [-0.3, -0.25) is 4.79 Å². The molecule has 0 saturated heterocycles. The molecule has 1 aromatic carbocycles. The molecule has 1 aromatic rings. The molecular weight excluding hydrogens is 210 g/mol. The zero-order valence-corrected chi connectivity index (χ0v) is 8.90. The largest absolute Gasteiger partial charge is 0.481 e. The lowest BCUT2D eigenvalue weighted by molar-refractivity contribution is -0.136. The number of benzene rings is 1. The summed E-state index contributed by atoms with van der Waals surface area (Å²) in [6.07, 6.45) is -0.209. The van der Waals surface area contributed by atoms with Crippen molar-refractivity contribution in [2.75, 3.05) is 12.3 Å². The highest BCUT2D eigenvalue weighted by atomic mass is 16.5. The summed E-state index contributed by atoms with van der Waals surface area (Å²) in [4.78, 5) is 21.9. The van der Waals surface area contributed by atoms with Crippen LogP contribution in [0.2, 0.25) is 0 Å². The van der Waals surface area contributed by atoms with Gasteiger partial charge < -0.3 is 15.6 Å². The minimum absolute atomic E-state index is 0.209. The summed E-state index contributed by atoms with van der Waals surface area (Å²) in [5, 5.41) is 8.65. The third kappa shape index (κ3) is 2.98. The number of hydrogen-bond donors (Lipinski definition) is 2. The summed E-state index contributed by atoms with van der Waals surface area (Å²) in [7, 11) is 0. The number of hydrogen-bond acceptors (Lipinski definition) is 4. The average molecular weight is 223 g/mol. The number of aliphatic carboxylic acids is 1. The van der Waals surface area contributed by atoms with Crippen molar-refractivity contribution in [1.82, 2.24) is 0 Å². The second kappa shape index (κ2) is 5.16. The van der Waals surface area contributed by atoms with Gasteiger partial charge in [0.2, 0.25) is 0 Å². The number of esters is 1. The van der Waals surface area contributed by atoms with Crippen LogP contribution in [0.1, 0.15) is 22.8 Å². The SMILES string of the molecule is CCOC(=O)c1ccc(N)c(CC(=O)O)c1. The molecule has 0 atom stereocenters. The number of ether oxygens (including phenoxy) is 1. The van der Waals surface area contributed by atoms with Crippen LogP contribution in [-0.2, 0) is 16.0 Å². The lowest BCUT2D eigenvalue weighted by Gasteiger charge is -2.06. The van der Waals surface area contributed by atoms with Gasteiger partial charge in [0.15, 0.2) is 0 Å². The maximum absolute atomic E-state index is 11.4. The Morgan fingerprint density at radius 1 is 1.44 bits per heavy atom. The minimum atomic E-state index is -0.993. The van der Waals surface area contributed by atoms with E-state index >= 15 is 0 Å². The molecule has 0 unspecified atom stereocenters. The highest BCUT2D eigenvalue weighted by Gasteiger charge is 2.11. The standard InChI is InChI=1S/C11H13NO4/c1-2-16-11(15)7-3-4-9(12)8(5-7)6-10(13)14/h3-5H,2,6,12H2,1H3,(H,13,14). The van der Waals surface area contributed by atoms with Crippen LogP contribution in [0.15, 0.2) is 18.2 Å². The van der Waals surface area contributed by atoms with Crippen LogP contribution in [-0.4, -0.2) is 23.7 Å². The van der Waals surface area contributed by atoms with Crippen LogP contribution in [0.4, 0.5) is 5.69 Å². The molecule has 16 heavy (non-hydrogen) atoms. The van der Waals surface area contributed by atoms with E-state index < -0.39 is 11.9 Å². The van der Waals surface area contributed by atoms with Gasteiger partial charge in [-0.05, 0) is 30.7 Å². The summed E-state index contributed by atoms with van der Waals surface area (Å²) in [6, 6.07) is 4.46. The predicted molar refractivity (Wildman–Crippen MR) is 58.2 cm³/mol. The number of carbonyl (C=O) groups excluding carboxylic acids is 1. The number of rotatable bonds is 4. The summed E-state index contributed by atoms with van der Waals surface area (Å²) in [5.41, 5.74) is 6.68. The molecule has 0 aliphatic heterocycles. The molecule has 0 bridgehead atoms. The Balaban J connectivity index is 2.97. The van der Waals surface area contributed by atoms with Crippen LogP contribution < -0.4 is 5.73 Å². The fourth-order valence-electron chi connectivity index (χ4n) is 1.26. The smallest absolute Gasteiger partial charge is 0.338 e. The lowest BCUT2D eigenvalue weighted by Crippen LogP contribution is -2.08. The highest BCUT2D eigenvalue weighted by molar-refractivity contribution is 5.90. The van der Waals surface area contributed by atoms with Gasteiger partial charge in [-0.15, -0.1) is 0 Å². The van der Waals surface area contributed by atoms with E-state index in [1.165, 1.54) is 18.2 Å². The van der Waals surface area contributed by atoms with E-state index in [2.05, 4.69) is 0 Å². The van der Waals surface area contributed by atoms with Gasteiger partial charge in [-0.25, -0.2) is 4.79 Å². The van der Waals surface area contributed by atoms with Crippen LogP contribution in [0.3, 0.4) is 0 Å². The Kier molecular flexibility index (Phi) is 3.88. The van der Waals surface area contributed by atoms with Crippen molar-refractivity contribution in [1.29, 1.82) is 0 Å². The summed E-state index contributed by atoms with van der Waals surface area (Å²) in [5.74, 6) is -1.47. The fourth-order valence-corrected chi connectivity index (χ4v) is 1.26. The highest BCUT2D eigenvalue weighted by Crippen LogP contribution is 2.15. The Bertz CT molecular complexity index is 414. The molecule has 5 nitrogen and oxygen atoms in total. The maximum atomic E-state index is 11.4. The Morgan fingerprint density at radius 2 is 2.12 bits per heavy atom. The van der Waals surface area contributed by atoms with Crippen LogP contribution in [0.5, 0.6) is 0 Å². The van der Waals surface area contributed by atoms with Crippen LogP contribution in [0.25, 0.3) is 0 Å². The Hall–Kier alpha value is -2.04. The van der Waals surface area contributed by atoms with Gasteiger partial charge in [0.05, 0.1) is 18.6 Å². The Morgan fingerprint density at radius 3 is 2.69 bits per heavy atom. The molecule has 0 spiro atoms. The quantitative estimate of drug-likeness (QED) is 0.588. The van der Waals surface area contributed by atoms with E-state index in [1.54, 1.807) is 6.92 Å². The summed E-state index contributed by atoms with van der Waals surface area (Å²) < 4.78 is 4.80. The third-order valence-corrected chi connectivity index (χ3v) is 2.00. The van der Waals surface area contributed by atoms with E-state index in [1.807, 2.05) is 0 Å². The predicted octanol–water partition coefficient (Wildman–Crippen LogP) is 1.07. The molecular formula is C11H13NO4. The van der Waals surface area contributed by atoms with Gasteiger partial charge in [0.1, 0.15) is 0 Å². The van der Waals surface area contributed by atoms with Crippen molar-refractivity contribution in [3.05, 3.63) is 29.3 Å². The van der Waals surface area contributed by atoms with E-state index in [4.69, 9.17) is 15.6 Å². The first kappa shape index (κ1) is 12.0. The van der Waals surface area contributed by atoms with E-state index in [-0.39, 0.29) is 13.0 Å². The van der Waals surface area contributed by atoms with Crippen molar-refractivity contribution in [2.24, 2.45) is 0 Å². The first-order valence-corrected chi connectivity index (χ1v) is 4.82. The lowest BCUT2D eigenvalue weighted by atomic mass is 10.1. The first-order valence-electron chi connectivity index (χ1n) is 4.82. The van der Waals surface area contributed by atoms with Crippen molar-refractivity contribution < 1.29 is 19.4 Å². The number of carbonyl (C=O) groups is 2. The van der Waals surface area contributed by atoms with Gasteiger partial charge in [0.25, 0.3) is 0 Å². The number of nitrogen functional groups attached to an aromatic ring is 1. The molecule has 0 aromatic heterocycles. The number of nitrogens with two attached hydrogens (primary N) is 1.